The molecule has 0 bridgehead atoms. The zero-order valence-electron chi connectivity index (χ0n) is 77.7. The molecule has 0 aliphatic heterocycles. The van der Waals surface area contributed by atoms with Crippen LogP contribution in [0.5, 0.6) is 0 Å². The van der Waals surface area contributed by atoms with Gasteiger partial charge >= 0.3 is 0 Å². The maximum Gasteiger partial charge on any atom is 0.164 e. The highest BCUT2D eigenvalue weighted by Gasteiger charge is 2.26. The minimum atomic E-state index is 0.632. The zero-order valence-corrected chi connectivity index (χ0v) is 77.7. The molecule has 0 N–H and O–H groups in total. The molecule has 144 heavy (non-hydrogen) atoms. The summed E-state index contributed by atoms with van der Waals surface area (Å²) in [4.78, 5) is 30.0. The fourth-order valence-corrected chi connectivity index (χ4v) is 22.6. The predicted molar refractivity (Wildman–Crippen MR) is 596 cm³/mol. The van der Waals surface area contributed by atoms with Gasteiger partial charge in [-0.05, 0) is 195 Å². The highest BCUT2D eigenvalue weighted by Crippen LogP contribution is 2.47. The van der Waals surface area contributed by atoms with Gasteiger partial charge in [-0.3, -0.25) is 0 Å². The first kappa shape index (κ1) is 81.6. The molecule has 0 amide bonds. The van der Waals surface area contributed by atoms with Crippen molar-refractivity contribution >= 4 is 163 Å². The van der Waals surface area contributed by atoms with Crippen LogP contribution in [0.1, 0.15) is 0 Å². The van der Waals surface area contributed by atoms with E-state index >= 15 is 0 Å². The molecular weight excluding hydrogens is 1750 g/mol. The average molecular weight is 1840 g/mol. The molecule has 0 saturated heterocycles. The molecule has 0 saturated carbocycles. The van der Waals surface area contributed by atoms with Crippen molar-refractivity contribution in [3.05, 3.63) is 497 Å². The second-order valence-corrected chi connectivity index (χ2v) is 37.2. The van der Waals surface area contributed by atoms with Gasteiger partial charge in [0.15, 0.2) is 34.9 Å². The molecule has 0 radical (unpaired) electrons. The van der Waals surface area contributed by atoms with Crippen LogP contribution in [0.4, 0.5) is 0 Å². The molecule has 0 fully saturated rings. The SMILES string of the molecule is c1ccc(-c2nc(-c3ccccc3)nc(-c3ccc(-c4ccc(-n5c6ccccc6c6cc(-n7c8ccccc8c8cc(-n9c%10ccccc%10c%10ccccc%109)ccc87)ccc65)cc4)cc3)n2)cc1.c1ccc(-c2nc(-c3ccccc3)nc(-c3ccc4c5ccccc5c5ccc(-n6c7ccccc7c7cc(-n8c9ccccc9c9cc(-n%10c%11ccccc%11c%11ccccc%11%10)ccc98)ccc76)cc5c4c3)n2)cc1. The van der Waals surface area contributed by atoms with Gasteiger partial charge in [0.25, 0.3) is 0 Å². The Hall–Kier alpha value is -19.6. The number of para-hydroxylation sites is 8. The summed E-state index contributed by atoms with van der Waals surface area (Å²) in [6.07, 6.45) is 0. The first-order valence-corrected chi connectivity index (χ1v) is 48.9. The van der Waals surface area contributed by atoms with Crippen LogP contribution in [0.25, 0.3) is 277 Å². The van der Waals surface area contributed by atoms with Crippen molar-refractivity contribution in [1.82, 2.24) is 57.3 Å². The fraction of sp³-hybridized carbons (Fsp3) is 0. The van der Waals surface area contributed by atoms with Gasteiger partial charge in [-0.2, -0.15) is 0 Å². The van der Waals surface area contributed by atoms with Gasteiger partial charge in [0, 0.05) is 132 Å². The van der Waals surface area contributed by atoms with Crippen molar-refractivity contribution in [2.45, 2.75) is 0 Å². The predicted octanol–water partition coefficient (Wildman–Crippen LogP) is 33.5. The molecule has 670 valence electrons. The van der Waals surface area contributed by atoms with Gasteiger partial charge in [-0.1, -0.05) is 346 Å². The van der Waals surface area contributed by atoms with E-state index in [9.17, 15) is 0 Å². The lowest BCUT2D eigenvalue weighted by Crippen LogP contribution is -2.00. The van der Waals surface area contributed by atoms with E-state index in [1.807, 2.05) is 97.1 Å². The summed E-state index contributed by atoms with van der Waals surface area (Å²) < 4.78 is 14.5. The van der Waals surface area contributed by atoms with E-state index in [0.29, 0.717) is 34.9 Å². The number of hydrogen-bond donors (Lipinski definition) is 0. The van der Waals surface area contributed by atoms with Crippen molar-refractivity contribution in [3.8, 4) is 114 Å². The van der Waals surface area contributed by atoms with E-state index < -0.39 is 0 Å². The van der Waals surface area contributed by atoms with E-state index in [1.165, 1.54) is 136 Å². The van der Waals surface area contributed by atoms with Crippen LogP contribution in [0.2, 0.25) is 0 Å². The maximum absolute atomic E-state index is 5.14. The van der Waals surface area contributed by atoms with Crippen LogP contribution in [0, 0.1) is 0 Å². The Kier molecular flexibility index (Phi) is 18.8. The molecule has 0 atom stereocenters. The van der Waals surface area contributed by atoms with Crippen molar-refractivity contribution in [2.24, 2.45) is 0 Å². The molecule has 0 aliphatic rings. The second kappa shape index (κ2) is 33.1. The topological polar surface area (TPSA) is 107 Å². The summed E-state index contributed by atoms with van der Waals surface area (Å²) in [7, 11) is 0. The molecule has 30 rings (SSSR count). The highest BCUT2D eigenvalue weighted by atomic mass is 15.1. The van der Waals surface area contributed by atoms with Crippen molar-refractivity contribution in [1.29, 1.82) is 0 Å². The summed E-state index contributed by atoms with van der Waals surface area (Å²) in [5.74, 6) is 3.86. The third-order valence-electron chi connectivity index (χ3n) is 29.2. The molecular formula is C132H82N12. The van der Waals surface area contributed by atoms with Gasteiger partial charge in [0.05, 0.1) is 66.2 Å². The van der Waals surface area contributed by atoms with Crippen LogP contribution in [0.15, 0.2) is 497 Å². The Labute approximate surface area is 825 Å². The smallest absolute Gasteiger partial charge is 0.164 e. The first-order valence-electron chi connectivity index (χ1n) is 48.9. The number of fused-ring (bicyclic) bond motifs is 24. The van der Waals surface area contributed by atoms with Gasteiger partial charge in [-0.25, -0.2) is 29.9 Å². The molecule has 0 unspecified atom stereocenters. The van der Waals surface area contributed by atoms with Gasteiger partial charge in [-0.15, -0.1) is 0 Å². The fourth-order valence-electron chi connectivity index (χ4n) is 22.6. The molecule has 0 aliphatic carbocycles. The molecule has 8 aromatic heterocycles. The Morgan fingerprint density at radius 3 is 0.549 bits per heavy atom. The standard InChI is InChI=1S/C69H42N6.C63H40N6/c1-3-17-43(18-4-1)67-70-68(44-19-5-2-6-20-44)72-69(71-67)45-31-35-51-49-21-7-8-22-50(49)52-36-32-46(40-58(52)57(51)39-45)74-63-29-15-11-25-55(63)60-42-48(34-38-65(60)74)75-64-30-16-12-26-56(64)59-41-47(33-37-66(59)75)73-61-27-13-9-23-53(61)54-24-10-14-28-62(54)73;1-3-15-43(16-4-1)61-64-62(44-17-5-2-6-18-44)66-63(65-61)45-29-27-41(28-30-45)42-31-33-46(34-32-42)67-57-25-13-9-21-51(57)53-40-48(35-37-59(53)67)69-58-26-14-10-22-52(58)54-39-47(36-38-60(54)69)68-55-23-11-7-19-49(55)50-20-8-12-24-56(50)68/h1-42H;1-40H. The summed E-state index contributed by atoms with van der Waals surface area (Å²) in [6.45, 7) is 0. The normalized spacial score (nSPS) is 11.9. The molecule has 12 nitrogen and oxygen atoms in total. The van der Waals surface area contributed by atoms with Gasteiger partial charge in [0.1, 0.15) is 0 Å². The minimum Gasteiger partial charge on any atom is -0.309 e. The lowest BCUT2D eigenvalue weighted by molar-refractivity contribution is 1.07. The number of rotatable bonds is 13. The zero-order chi connectivity index (χ0) is 94.6. The molecule has 22 aromatic carbocycles. The van der Waals surface area contributed by atoms with Crippen LogP contribution in [-0.2, 0) is 0 Å². The largest absolute Gasteiger partial charge is 0.309 e. The van der Waals surface area contributed by atoms with E-state index in [4.69, 9.17) is 29.9 Å². The third-order valence-corrected chi connectivity index (χ3v) is 29.2. The van der Waals surface area contributed by atoms with Gasteiger partial charge in [0.2, 0.25) is 0 Å². The molecule has 0 spiro atoms. The molecule has 30 aromatic rings. The van der Waals surface area contributed by atoms with Crippen LogP contribution in [-0.4, -0.2) is 57.3 Å². The first-order chi connectivity index (χ1) is 71.4. The summed E-state index contributed by atoms with van der Waals surface area (Å²) >= 11 is 0. The lowest BCUT2D eigenvalue weighted by atomic mass is 9.93. The third kappa shape index (κ3) is 13.2. The number of benzene rings is 22. The van der Waals surface area contributed by atoms with E-state index in [0.717, 1.165) is 106 Å². The Balaban J connectivity index is 0.000000137. The minimum absolute atomic E-state index is 0.632. The number of hydrogen-bond acceptors (Lipinski definition) is 6. The van der Waals surface area contributed by atoms with E-state index in [2.05, 4.69) is 428 Å². The Morgan fingerprint density at radius 2 is 0.264 bits per heavy atom. The van der Waals surface area contributed by atoms with Gasteiger partial charge < -0.3 is 27.4 Å². The number of aromatic nitrogens is 12. The quantitative estimate of drug-likeness (QED) is 0.106. The van der Waals surface area contributed by atoms with Crippen LogP contribution >= 0.6 is 0 Å². The molecule has 12 heteroatoms. The summed E-state index contributed by atoms with van der Waals surface area (Å²) in [6, 6.07) is 178. The highest BCUT2D eigenvalue weighted by molar-refractivity contribution is 6.27. The van der Waals surface area contributed by atoms with E-state index in [-0.39, 0.29) is 0 Å². The maximum atomic E-state index is 5.14. The lowest BCUT2D eigenvalue weighted by Gasteiger charge is -2.15. The van der Waals surface area contributed by atoms with E-state index in [1.54, 1.807) is 0 Å². The van der Waals surface area contributed by atoms with Crippen LogP contribution in [0.3, 0.4) is 0 Å². The van der Waals surface area contributed by atoms with Crippen molar-refractivity contribution in [3.63, 3.8) is 0 Å². The van der Waals surface area contributed by atoms with Crippen molar-refractivity contribution < 1.29 is 0 Å². The summed E-state index contributed by atoms with van der Waals surface area (Å²) in [5.41, 5.74) is 28.8. The second-order valence-electron chi connectivity index (χ2n) is 37.2. The Morgan fingerprint density at radius 1 is 0.0972 bits per heavy atom. The number of nitrogens with zero attached hydrogens (tertiary/aromatic N) is 12. The monoisotopic (exact) mass is 1830 g/mol. The van der Waals surface area contributed by atoms with Crippen molar-refractivity contribution in [2.75, 3.05) is 0 Å². The Bertz CT molecular complexity index is 10300. The summed E-state index contributed by atoms with van der Waals surface area (Å²) in [5, 5.41) is 21.9. The van der Waals surface area contributed by atoms with Crippen LogP contribution < -0.4 is 0 Å². The molecule has 8 heterocycles. The average Bonchev–Trinajstić information content (AvgIpc) is 1.39.